The predicted molar refractivity (Wildman–Crippen MR) is 78.2 cm³/mol. The van der Waals surface area contributed by atoms with Crippen molar-refractivity contribution in [3.8, 4) is 17.1 Å². The quantitative estimate of drug-likeness (QED) is 0.830. The molecule has 1 aromatic carbocycles. The molecule has 19 heavy (non-hydrogen) atoms. The van der Waals surface area contributed by atoms with E-state index in [2.05, 4.69) is 9.97 Å². The fourth-order valence-electron chi connectivity index (χ4n) is 1.66. The van der Waals surface area contributed by atoms with E-state index in [1.54, 1.807) is 12.1 Å². The van der Waals surface area contributed by atoms with E-state index in [9.17, 15) is 5.11 Å². The van der Waals surface area contributed by atoms with E-state index >= 15 is 0 Å². The molecule has 0 aliphatic carbocycles. The number of benzene rings is 1. The van der Waals surface area contributed by atoms with Gasteiger partial charge in [-0.15, -0.1) is 0 Å². The summed E-state index contributed by atoms with van der Waals surface area (Å²) in [6, 6.07) is 4.70. The van der Waals surface area contributed by atoms with E-state index in [4.69, 9.17) is 34.8 Å². The molecule has 0 atom stereocenters. The van der Waals surface area contributed by atoms with E-state index in [0.29, 0.717) is 21.7 Å². The summed E-state index contributed by atoms with van der Waals surface area (Å²) in [6.07, 6.45) is 1.64. The van der Waals surface area contributed by atoms with Gasteiger partial charge >= 0.3 is 0 Å². The molecule has 6 heteroatoms. The summed E-state index contributed by atoms with van der Waals surface area (Å²) in [4.78, 5) is 8.45. The Labute approximate surface area is 126 Å². The molecule has 0 aliphatic rings. The summed E-state index contributed by atoms with van der Waals surface area (Å²) >= 11 is 18.1. The third-order valence-corrected chi connectivity index (χ3v) is 3.54. The fourth-order valence-corrected chi connectivity index (χ4v) is 2.42. The van der Waals surface area contributed by atoms with Crippen molar-refractivity contribution in [2.45, 2.75) is 19.8 Å². The lowest BCUT2D eigenvalue weighted by molar-refractivity contribution is 0.475. The van der Waals surface area contributed by atoms with Crippen LogP contribution in [0.1, 0.15) is 18.9 Å². The third-order valence-electron chi connectivity index (χ3n) is 2.61. The molecule has 0 spiro atoms. The van der Waals surface area contributed by atoms with E-state index in [1.807, 2.05) is 6.92 Å². The van der Waals surface area contributed by atoms with Crippen LogP contribution in [0.25, 0.3) is 11.4 Å². The van der Waals surface area contributed by atoms with Gasteiger partial charge in [-0.05, 0) is 24.6 Å². The number of nitrogens with zero attached hydrogens (tertiary/aromatic N) is 2. The van der Waals surface area contributed by atoms with Crippen LogP contribution in [0.15, 0.2) is 18.2 Å². The Bertz CT molecular complexity index is 594. The van der Waals surface area contributed by atoms with Crippen molar-refractivity contribution in [1.82, 2.24) is 9.97 Å². The summed E-state index contributed by atoms with van der Waals surface area (Å²) < 4.78 is 0. The Hall–Kier alpha value is -1.03. The molecule has 0 aliphatic heterocycles. The lowest BCUT2D eigenvalue weighted by Crippen LogP contribution is -1.97. The highest BCUT2D eigenvalue weighted by molar-refractivity contribution is 6.34. The smallest absolute Gasteiger partial charge is 0.162 e. The molecule has 0 radical (unpaired) electrons. The Morgan fingerprint density at radius 2 is 1.74 bits per heavy atom. The van der Waals surface area contributed by atoms with Gasteiger partial charge < -0.3 is 5.11 Å². The number of hydrogen-bond donors (Lipinski definition) is 1. The van der Waals surface area contributed by atoms with Gasteiger partial charge in [0.2, 0.25) is 0 Å². The SMILES string of the molecule is CCCc1c(Cl)nc(-c2ccc(O)c(Cl)c2)nc1Cl. The average molecular weight is 318 g/mol. The van der Waals surface area contributed by atoms with Gasteiger partial charge in [0.15, 0.2) is 5.82 Å². The maximum absolute atomic E-state index is 9.39. The standard InChI is InChI=1S/C13H11Cl3N2O/c1-2-3-8-11(15)17-13(18-12(8)16)7-4-5-10(19)9(14)6-7/h4-6,19H,2-3H2,1H3. The van der Waals surface area contributed by atoms with E-state index in [-0.39, 0.29) is 10.8 Å². The van der Waals surface area contributed by atoms with Gasteiger partial charge in [0, 0.05) is 11.1 Å². The van der Waals surface area contributed by atoms with Gasteiger partial charge in [-0.1, -0.05) is 48.1 Å². The molecule has 1 heterocycles. The van der Waals surface area contributed by atoms with Crippen LogP contribution >= 0.6 is 34.8 Å². The number of aromatic nitrogens is 2. The minimum atomic E-state index is 0.00483. The lowest BCUT2D eigenvalue weighted by atomic mass is 10.2. The predicted octanol–water partition coefficient (Wildman–Crippen LogP) is 4.76. The number of aromatic hydroxyl groups is 1. The first-order valence-electron chi connectivity index (χ1n) is 5.73. The van der Waals surface area contributed by atoms with Crippen molar-refractivity contribution >= 4 is 34.8 Å². The second-order valence-corrected chi connectivity index (χ2v) is 5.15. The topological polar surface area (TPSA) is 46.0 Å². The van der Waals surface area contributed by atoms with E-state index in [1.165, 1.54) is 6.07 Å². The first-order valence-corrected chi connectivity index (χ1v) is 6.87. The highest BCUT2D eigenvalue weighted by Crippen LogP contribution is 2.30. The Balaban J connectivity index is 2.48. The summed E-state index contributed by atoms with van der Waals surface area (Å²) in [7, 11) is 0. The highest BCUT2D eigenvalue weighted by atomic mass is 35.5. The fraction of sp³-hybridized carbons (Fsp3) is 0.231. The molecule has 2 rings (SSSR count). The van der Waals surface area contributed by atoms with Crippen molar-refractivity contribution < 1.29 is 5.11 Å². The molecule has 100 valence electrons. The largest absolute Gasteiger partial charge is 0.506 e. The molecular weight excluding hydrogens is 307 g/mol. The first-order chi connectivity index (χ1) is 9.02. The average Bonchev–Trinajstić information content (AvgIpc) is 2.37. The minimum absolute atomic E-state index is 0.00483. The van der Waals surface area contributed by atoms with Crippen molar-refractivity contribution in [1.29, 1.82) is 0 Å². The van der Waals surface area contributed by atoms with Crippen LogP contribution in [0.2, 0.25) is 15.3 Å². The maximum atomic E-state index is 9.39. The highest BCUT2D eigenvalue weighted by Gasteiger charge is 2.13. The molecule has 0 amide bonds. The summed E-state index contributed by atoms with van der Waals surface area (Å²) in [5, 5.41) is 10.3. The van der Waals surface area contributed by atoms with Crippen molar-refractivity contribution in [3.63, 3.8) is 0 Å². The van der Waals surface area contributed by atoms with Crippen LogP contribution in [-0.2, 0) is 6.42 Å². The van der Waals surface area contributed by atoms with Crippen LogP contribution in [0.4, 0.5) is 0 Å². The van der Waals surface area contributed by atoms with Gasteiger partial charge in [0.1, 0.15) is 16.1 Å². The lowest BCUT2D eigenvalue weighted by Gasteiger charge is -2.08. The molecule has 1 N–H and O–H groups in total. The van der Waals surface area contributed by atoms with Crippen molar-refractivity contribution in [2.24, 2.45) is 0 Å². The van der Waals surface area contributed by atoms with Gasteiger partial charge in [0.05, 0.1) is 5.02 Å². The second-order valence-electron chi connectivity index (χ2n) is 4.02. The van der Waals surface area contributed by atoms with Crippen LogP contribution in [0, 0.1) is 0 Å². The van der Waals surface area contributed by atoms with Gasteiger partial charge in [-0.25, -0.2) is 9.97 Å². The molecule has 0 bridgehead atoms. The first kappa shape index (κ1) is 14.4. The van der Waals surface area contributed by atoms with Crippen LogP contribution < -0.4 is 0 Å². The summed E-state index contributed by atoms with van der Waals surface area (Å²) in [5.41, 5.74) is 1.40. The zero-order chi connectivity index (χ0) is 14.0. The molecule has 3 nitrogen and oxygen atoms in total. The van der Waals surface area contributed by atoms with Crippen LogP contribution in [0.5, 0.6) is 5.75 Å². The molecule has 2 aromatic rings. The van der Waals surface area contributed by atoms with Gasteiger partial charge in [0.25, 0.3) is 0 Å². The third kappa shape index (κ3) is 3.11. The second kappa shape index (κ2) is 5.95. The summed E-state index contributed by atoms with van der Waals surface area (Å²) in [5.74, 6) is 0.391. The van der Waals surface area contributed by atoms with Gasteiger partial charge in [-0.3, -0.25) is 0 Å². The number of halogens is 3. The Morgan fingerprint density at radius 1 is 1.11 bits per heavy atom. The van der Waals surface area contributed by atoms with Gasteiger partial charge in [-0.2, -0.15) is 0 Å². The molecular formula is C13H11Cl3N2O. The summed E-state index contributed by atoms with van der Waals surface area (Å²) in [6.45, 7) is 2.03. The molecule has 0 saturated heterocycles. The number of phenols is 1. The molecule has 0 unspecified atom stereocenters. The normalized spacial score (nSPS) is 10.7. The molecule has 0 fully saturated rings. The number of hydrogen-bond acceptors (Lipinski definition) is 3. The van der Waals surface area contributed by atoms with Crippen molar-refractivity contribution in [2.75, 3.05) is 0 Å². The number of phenolic OH excluding ortho intramolecular Hbond substituents is 1. The van der Waals surface area contributed by atoms with E-state index < -0.39 is 0 Å². The van der Waals surface area contributed by atoms with Crippen LogP contribution in [-0.4, -0.2) is 15.1 Å². The van der Waals surface area contributed by atoms with E-state index in [0.717, 1.165) is 18.4 Å². The zero-order valence-electron chi connectivity index (χ0n) is 10.1. The molecule has 1 aromatic heterocycles. The van der Waals surface area contributed by atoms with Crippen LogP contribution in [0.3, 0.4) is 0 Å². The Morgan fingerprint density at radius 3 is 2.26 bits per heavy atom. The van der Waals surface area contributed by atoms with Crippen molar-refractivity contribution in [3.05, 3.63) is 39.1 Å². The number of rotatable bonds is 3. The zero-order valence-corrected chi connectivity index (χ0v) is 12.4. The Kier molecular flexibility index (Phi) is 4.50. The monoisotopic (exact) mass is 316 g/mol. The molecule has 0 saturated carbocycles. The maximum Gasteiger partial charge on any atom is 0.162 e. The minimum Gasteiger partial charge on any atom is -0.506 e.